The van der Waals surface area contributed by atoms with Gasteiger partial charge in [0.05, 0.1) is 25.6 Å². The van der Waals surface area contributed by atoms with E-state index in [4.69, 9.17) is 9.47 Å². The first-order valence-corrected chi connectivity index (χ1v) is 11.2. The fourth-order valence-electron chi connectivity index (χ4n) is 3.89. The highest BCUT2D eigenvalue weighted by atomic mass is 16.5. The third-order valence-electron chi connectivity index (χ3n) is 5.65. The predicted molar refractivity (Wildman–Crippen MR) is 130 cm³/mol. The van der Waals surface area contributed by atoms with Crippen LogP contribution in [0.25, 0.3) is 11.3 Å². The number of amides is 2. The molecule has 1 aromatic heterocycles. The topological polar surface area (TPSA) is 88.6 Å². The van der Waals surface area contributed by atoms with Crippen molar-refractivity contribution < 1.29 is 14.3 Å². The second-order valence-electron chi connectivity index (χ2n) is 7.90. The Morgan fingerprint density at radius 1 is 0.879 bits per heavy atom. The van der Waals surface area contributed by atoms with Gasteiger partial charge in [0.2, 0.25) is 0 Å². The Balaban J connectivity index is 1.43. The van der Waals surface area contributed by atoms with Gasteiger partial charge in [-0.1, -0.05) is 25.0 Å². The third-order valence-corrected chi connectivity index (χ3v) is 5.65. The van der Waals surface area contributed by atoms with E-state index in [1.165, 1.54) is 25.7 Å². The molecule has 1 fully saturated rings. The first kappa shape index (κ1) is 22.4. The van der Waals surface area contributed by atoms with E-state index in [1.807, 2.05) is 36.4 Å². The molecule has 2 N–H and O–H groups in total. The first-order chi connectivity index (χ1) is 16.2. The lowest BCUT2D eigenvalue weighted by Gasteiger charge is -2.20. The molecule has 1 aliphatic rings. The highest BCUT2D eigenvalue weighted by Gasteiger charge is 2.13. The molecule has 172 valence electrons. The van der Waals surface area contributed by atoms with Crippen molar-refractivity contribution in [1.82, 2.24) is 10.2 Å². The summed E-state index contributed by atoms with van der Waals surface area (Å²) in [6.07, 6.45) is 4.95. The van der Waals surface area contributed by atoms with E-state index in [2.05, 4.69) is 25.7 Å². The molecule has 0 aliphatic carbocycles. The Labute approximate surface area is 193 Å². The van der Waals surface area contributed by atoms with Gasteiger partial charge in [0.25, 0.3) is 0 Å². The number of methoxy groups -OCH3 is 2. The number of carbonyl (C=O) groups excluding carboxylic acids is 1. The predicted octanol–water partition coefficient (Wildman–Crippen LogP) is 5.19. The average Bonchev–Trinajstić information content (AvgIpc) is 3.14. The lowest BCUT2D eigenvalue weighted by molar-refractivity contribution is 0.262. The first-order valence-electron chi connectivity index (χ1n) is 11.2. The molecule has 2 heterocycles. The standard InChI is InChI=1S/C25H29N5O3/c1-32-20-10-11-22(23(17-20)33-2)27-25(31)26-19-9-7-8-18(16-19)21-12-13-24(29-28-21)30-14-5-3-4-6-15-30/h7-13,16-17H,3-6,14-15H2,1-2H3,(H2,26,27,31). The van der Waals surface area contributed by atoms with E-state index >= 15 is 0 Å². The van der Waals surface area contributed by atoms with Crippen molar-refractivity contribution in [3.05, 3.63) is 54.6 Å². The minimum Gasteiger partial charge on any atom is -0.497 e. The zero-order valence-electron chi connectivity index (χ0n) is 19.0. The van der Waals surface area contributed by atoms with E-state index in [9.17, 15) is 4.79 Å². The maximum absolute atomic E-state index is 12.6. The molecule has 0 radical (unpaired) electrons. The smallest absolute Gasteiger partial charge is 0.323 e. The molecule has 0 saturated carbocycles. The fraction of sp³-hybridized carbons (Fsp3) is 0.320. The van der Waals surface area contributed by atoms with Crippen molar-refractivity contribution >= 4 is 23.2 Å². The number of urea groups is 1. The molecule has 1 saturated heterocycles. The number of carbonyl (C=O) groups is 1. The second-order valence-corrected chi connectivity index (χ2v) is 7.90. The maximum atomic E-state index is 12.6. The van der Waals surface area contributed by atoms with Crippen molar-refractivity contribution in [2.75, 3.05) is 42.8 Å². The van der Waals surface area contributed by atoms with E-state index in [0.717, 1.165) is 30.2 Å². The zero-order valence-corrected chi connectivity index (χ0v) is 19.0. The number of aromatic nitrogens is 2. The van der Waals surface area contributed by atoms with Crippen LogP contribution < -0.4 is 25.0 Å². The van der Waals surface area contributed by atoms with Crippen LogP contribution in [-0.4, -0.2) is 43.5 Å². The van der Waals surface area contributed by atoms with Gasteiger partial charge in [-0.25, -0.2) is 4.79 Å². The highest BCUT2D eigenvalue weighted by Crippen LogP contribution is 2.29. The number of benzene rings is 2. The van der Waals surface area contributed by atoms with Gasteiger partial charge >= 0.3 is 6.03 Å². The van der Waals surface area contributed by atoms with Crippen molar-refractivity contribution in [2.45, 2.75) is 25.7 Å². The Morgan fingerprint density at radius 3 is 2.39 bits per heavy atom. The minimum absolute atomic E-state index is 0.377. The minimum atomic E-state index is -0.377. The van der Waals surface area contributed by atoms with Gasteiger partial charge in [0.15, 0.2) is 5.82 Å². The molecule has 8 heteroatoms. The van der Waals surface area contributed by atoms with Crippen molar-refractivity contribution in [2.24, 2.45) is 0 Å². The van der Waals surface area contributed by atoms with Gasteiger partial charge in [0.1, 0.15) is 11.5 Å². The van der Waals surface area contributed by atoms with Crippen LogP contribution in [0.3, 0.4) is 0 Å². The molecule has 8 nitrogen and oxygen atoms in total. The summed E-state index contributed by atoms with van der Waals surface area (Å²) in [5, 5.41) is 14.5. The monoisotopic (exact) mass is 447 g/mol. The van der Waals surface area contributed by atoms with Gasteiger partial charge < -0.3 is 25.0 Å². The number of nitrogens with zero attached hydrogens (tertiary/aromatic N) is 3. The Hall–Kier alpha value is -3.81. The van der Waals surface area contributed by atoms with Crippen LogP contribution in [0.15, 0.2) is 54.6 Å². The molecular weight excluding hydrogens is 418 g/mol. The lowest BCUT2D eigenvalue weighted by Crippen LogP contribution is -2.25. The van der Waals surface area contributed by atoms with Crippen LogP contribution in [0.1, 0.15) is 25.7 Å². The number of hydrogen-bond acceptors (Lipinski definition) is 6. The Morgan fingerprint density at radius 2 is 1.70 bits per heavy atom. The number of nitrogens with one attached hydrogen (secondary N) is 2. The van der Waals surface area contributed by atoms with Gasteiger partial charge in [-0.15, -0.1) is 10.2 Å². The van der Waals surface area contributed by atoms with Gasteiger partial charge in [-0.2, -0.15) is 0 Å². The third kappa shape index (κ3) is 5.71. The highest BCUT2D eigenvalue weighted by molar-refractivity contribution is 6.01. The normalized spacial score (nSPS) is 13.7. The Bertz CT molecular complexity index is 1080. The maximum Gasteiger partial charge on any atom is 0.323 e. The summed E-state index contributed by atoms with van der Waals surface area (Å²) >= 11 is 0. The van der Waals surface area contributed by atoms with Crippen LogP contribution in [0, 0.1) is 0 Å². The van der Waals surface area contributed by atoms with Crippen LogP contribution in [-0.2, 0) is 0 Å². The van der Waals surface area contributed by atoms with Crippen molar-refractivity contribution in [3.8, 4) is 22.8 Å². The molecule has 2 amide bonds. The molecule has 3 aromatic rings. The molecule has 0 atom stereocenters. The second kappa shape index (κ2) is 10.7. The van der Waals surface area contributed by atoms with Gasteiger partial charge in [-0.05, 0) is 49.2 Å². The van der Waals surface area contributed by atoms with Crippen LogP contribution in [0.4, 0.5) is 22.0 Å². The zero-order chi connectivity index (χ0) is 23.0. The van der Waals surface area contributed by atoms with E-state index in [0.29, 0.717) is 22.9 Å². The summed E-state index contributed by atoms with van der Waals surface area (Å²) in [6, 6.07) is 16.4. The van der Waals surface area contributed by atoms with Gasteiger partial charge in [0, 0.05) is 30.4 Å². The average molecular weight is 448 g/mol. The number of hydrogen-bond donors (Lipinski definition) is 2. The largest absolute Gasteiger partial charge is 0.497 e. The van der Waals surface area contributed by atoms with E-state index in [1.54, 1.807) is 32.4 Å². The SMILES string of the molecule is COc1ccc(NC(=O)Nc2cccc(-c3ccc(N4CCCCCC4)nn3)c2)c(OC)c1. The summed E-state index contributed by atoms with van der Waals surface area (Å²) in [6.45, 7) is 2.06. The van der Waals surface area contributed by atoms with E-state index < -0.39 is 0 Å². The summed E-state index contributed by atoms with van der Waals surface area (Å²) in [4.78, 5) is 14.9. The Kier molecular flexibility index (Phi) is 7.24. The molecule has 0 bridgehead atoms. The molecule has 0 spiro atoms. The molecule has 1 aliphatic heterocycles. The van der Waals surface area contributed by atoms with Crippen molar-refractivity contribution in [3.63, 3.8) is 0 Å². The number of rotatable bonds is 6. The fourth-order valence-corrected chi connectivity index (χ4v) is 3.89. The molecule has 4 rings (SSSR count). The van der Waals surface area contributed by atoms with Crippen molar-refractivity contribution in [1.29, 1.82) is 0 Å². The molecule has 0 unspecified atom stereocenters. The number of ether oxygens (including phenoxy) is 2. The number of anilines is 3. The van der Waals surface area contributed by atoms with Crippen LogP contribution in [0.2, 0.25) is 0 Å². The summed E-state index contributed by atoms with van der Waals surface area (Å²) in [5.41, 5.74) is 2.83. The summed E-state index contributed by atoms with van der Waals surface area (Å²) in [5.74, 6) is 2.08. The molecule has 2 aromatic carbocycles. The quantitative estimate of drug-likeness (QED) is 0.541. The molecular formula is C25H29N5O3. The summed E-state index contributed by atoms with van der Waals surface area (Å²) in [7, 11) is 3.12. The lowest BCUT2D eigenvalue weighted by atomic mass is 10.1. The van der Waals surface area contributed by atoms with Crippen LogP contribution in [0.5, 0.6) is 11.5 Å². The van der Waals surface area contributed by atoms with Crippen LogP contribution >= 0.6 is 0 Å². The summed E-state index contributed by atoms with van der Waals surface area (Å²) < 4.78 is 10.5. The van der Waals surface area contributed by atoms with Gasteiger partial charge in [-0.3, -0.25) is 0 Å². The van der Waals surface area contributed by atoms with E-state index in [-0.39, 0.29) is 6.03 Å². The molecule has 33 heavy (non-hydrogen) atoms.